The molecular weight excluding hydrogens is 228 g/mol. The highest BCUT2D eigenvalue weighted by Gasteiger charge is 2.29. The van der Waals surface area contributed by atoms with Gasteiger partial charge in [0.05, 0.1) is 12.5 Å². The summed E-state index contributed by atoms with van der Waals surface area (Å²) in [4.78, 5) is 21.2. The monoisotopic (exact) mass is 248 g/mol. The molecule has 2 fully saturated rings. The lowest BCUT2D eigenvalue weighted by atomic mass is 10.2. The maximum absolute atomic E-state index is 12.4. The van der Waals surface area contributed by atoms with Gasteiger partial charge < -0.3 is 15.2 Å². The molecule has 3 rings (SSSR count). The van der Waals surface area contributed by atoms with Crippen molar-refractivity contribution in [3.8, 4) is 0 Å². The van der Waals surface area contributed by atoms with Crippen LogP contribution < -0.4 is 5.32 Å². The zero-order valence-electron chi connectivity index (χ0n) is 10.6. The summed E-state index contributed by atoms with van der Waals surface area (Å²) in [6, 6.07) is 0.468. The average Bonchev–Trinajstić information content (AvgIpc) is 2.88. The first-order chi connectivity index (χ1) is 8.83. The Morgan fingerprint density at radius 2 is 2.28 bits per heavy atom. The van der Waals surface area contributed by atoms with Crippen LogP contribution in [-0.2, 0) is 0 Å². The molecule has 1 atom stereocenters. The van der Waals surface area contributed by atoms with Gasteiger partial charge in [-0.2, -0.15) is 0 Å². The molecule has 0 radical (unpaired) electrons. The van der Waals surface area contributed by atoms with Crippen LogP contribution in [0.4, 0.5) is 0 Å². The number of amides is 1. The summed E-state index contributed by atoms with van der Waals surface area (Å²) < 4.78 is 0. The van der Waals surface area contributed by atoms with Crippen LogP contribution in [0, 0.1) is 5.92 Å². The molecular formula is C13H20N4O. The number of H-pyrrole nitrogens is 1. The van der Waals surface area contributed by atoms with E-state index in [4.69, 9.17) is 0 Å². The fourth-order valence-electron chi connectivity index (χ4n) is 2.57. The number of aromatic nitrogens is 2. The Balaban J connectivity index is 1.65. The third kappa shape index (κ3) is 2.72. The molecule has 0 bridgehead atoms. The van der Waals surface area contributed by atoms with Gasteiger partial charge in [0, 0.05) is 19.1 Å². The maximum Gasteiger partial charge on any atom is 0.271 e. The smallest absolute Gasteiger partial charge is 0.271 e. The molecule has 0 aromatic carbocycles. The van der Waals surface area contributed by atoms with Crippen molar-refractivity contribution in [2.45, 2.75) is 31.7 Å². The van der Waals surface area contributed by atoms with Crippen molar-refractivity contribution in [1.82, 2.24) is 20.2 Å². The second-order valence-electron chi connectivity index (χ2n) is 5.41. The minimum atomic E-state index is 0.0908. The van der Waals surface area contributed by atoms with Crippen molar-refractivity contribution in [3.63, 3.8) is 0 Å². The number of nitrogens with zero attached hydrogens (tertiary/aromatic N) is 2. The molecule has 1 saturated heterocycles. The Morgan fingerprint density at radius 1 is 1.39 bits per heavy atom. The van der Waals surface area contributed by atoms with Crippen LogP contribution in [0.15, 0.2) is 12.5 Å². The molecule has 1 aliphatic carbocycles. The normalized spacial score (nSPS) is 23.2. The fourth-order valence-corrected chi connectivity index (χ4v) is 2.57. The number of rotatable bonds is 5. The van der Waals surface area contributed by atoms with Gasteiger partial charge in [-0.15, -0.1) is 0 Å². The van der Waals surface area contributed by atoms with Crippen molar-refractivity contribution >= 4 is 5.91 Å². The molecule has 1 unspecified atom stereocenters. The minimum absolute atomic E-state index is 0.0908. The Morgan fingerprint density at radius 3 is 2.89 bits per heavy atom. The van der Waals surface area contributed by atoms with Crippen molar-refractivity contribution in [2.75, 3.05) is 19.6 Å². The van der Waals surface area contributed by atoms with Gasteiger partial charge in [0.2, 0.25) is 0 Å². The predicted octanol–water partition coefficient (Wildman–Crippen LogP) is 1.01. The van der Waals surface area contributed by atoms with Crippen LogP contribution in [0.1, 0.15) is 36.2 Å². The number of carbonyl (C=O) groups is 1. The van der Waals surface area contributed by atoms with E-state index in [2.05, 4.69) is 15.3 Å². The Kier molecular flexibility index (Phi) is 3.32. The lowest BCUT2D eigenvalue weighted by Gasteiger charge is -2.25. The van der Waals surface area contributed by atoms with Crippen molar-refractivity contribution in [1.29, 1.82) is 0 Å². The van der Waals surface area contributed by atoms with Crippen LogP contribution in [-0.4, -0.2) is 46.5 Å². The van der Waals surface area contributed by atoms with Gasteiger partial charge in [0.15, 0.2) is 0 Å². The molecule has 2 N–H and O–H groups in total. The van der Waals surface area contributed by atoms with E-state index in [-0.39, 0.29) is 5.91 Å². The van der Waals surface area contributed by atoms with E-state index < -0.39 is 0 Å². The molecule has 1 aliphatic heterocycles. The average molecular weight is 248 g/mol. The Hall–Kier alpha value is -1.36. The first kappa shape index (κ1) is 11.7. The highest BCUT2D eigenvalue weighted by molar-refractivity contribution is 5.92. The largest absolute Gasteiger partial charge is 0.341 e. The zero-order valence-corrected chi connectivity index (χ0v) is 10.6. The number of hydrogen-bond acceptors (Lipinski definition) is 3. The van der Waals surface area contributed by atoms with Gasteiger partial charge in [-0.05, 0) is 38.1 Å². The molecule has 2 heterocycles. The molecule has 98 valence electrons. The SMILES string of the molecule is O=C(c1cnc[nH]1)N(CC1CC1)CC1CCCN1. The van der Waals surface area contributed by atoms with Crippen molar-refractivity contribution in [2.24, 2.45) is 5.92 Å². The second-order valence-corrected chi connectivity index (χ2v) is 5.41. The summed E-state index contributed by atoms with van der Waals surface area (Å²) in [6.07, 6.45) is 8.12. The van der Waals surface area contributed by atoms with E-state index in [9.17, 15) is 4.79 Å². The van der Waals surface area contributed by atoms with E-state index in [1.165, 1.54) is 25.7 Å². The van der Waals surface area contributed by atoms with Crippen LogP contribution >= 0.6 is 0 Å². The molecule has 18 heavy (non-hydrogen) atoms. The highest BCUT2D eigenvalue weighted by atomic mass is 16.2. The van der Waals surface area contributed by atoms with Crippen molar-refractivity contribution in [3.05, 3.63) is 18.2 Å². The van der Waals surface area contributed by atoms with Gasteiger partial charge >= 0.3 is 0 Å². The molecule has 1 saturated carbocycles. The van der Waals surface area contributed by atoms with Gasteiger partial charge in [0.1, 0.15) is 5.69 Å². The number of hydrogen-bond donors (Lipinski definition) is 2. The van der Waals surface area contributed by atoms with E-state index in [1.54, 1.807) is 12.5 Å². The summed E-state index contributed by atoms with van der Waals surface area (Å²) >= 11 is 0. The quantitative estimate of drug-likeness (QED) is 0.817. The van der Waals surface area contributed by atoms with Crippen LogP contribution in [0.2, 0.25) is 0 Å². The minimum Gasteiger partial charge on any atom is -0.341 e. The molecule has 1 amide bonds. The molecule has 1 aromatic heterocycles. The summed E-state index contributed by atoms with van der Waals surface area (Å²) in [5, 5.41) is 3.46. The van der Waals surface area contributed by atoms with Gasteiger partial charge in [-0.1, -0.05) is 0 Å². The topological polar surface area (TPSA) is 61.0 Å². The first-order valence-corrected chi connectivity index (χ1v) is 6.84. The maximum atomic E-state index is 12.4. The van der Waals surface area contributed by atoms with Gasteiger partial charge in [-0.25, -0.2) is 4.98 Å². The third-order valence-electron chi connectivity index (χ3n) is 3.79. The fraction of sp³-hybridized carbons (Fsp3) is 0.692. The summed E-state index contributed by atoms with van der Waals surface area (Å²) in [6.45, 7) is 2.81. The lowest BCUT2D eigenvalue weighted by molar-refractivity contribution is 0.0728. The molecule has 5 heteroatoms. The summed E-state index contributed by atoms with van der Waals surface area (Å²) in [7, 11) is 0. The van der Waals surface area contributed by atoms with Crippen LogP contribution in [0.25, 0.3) is 0 Å². The van der Waals surface area contributed by atoms with Gasteiger partial charge in [-0.3, -0.25) is 4.79 Å². The number of imidazole rings is 1. The number of carbonyl (C=O) groups excluding carboxylic acids is 1. The Bertz CT molecular complexity index is 393. The highest BCUT2D eigenvalue weighted by Crippen LogP contribution is 2.30. The van der Waals surface area contributed by atoms with Crippen LogP contribution in [0.5, 0.6) is 0 Å². The van der Waals surface area contributed by atoms with E-state index in [1.807, 2.05) is 4.90 Å². The molecule has 5 nitrogen and oxygen atoms in total. The lowest BCUT2D eigenvalue weighted by Crippen LogP contribution is -2.42. The zero-order chi connectivity index (χ0) is 12.4. The first-order valence-electron chi connectivity index (χ1n) is 6.84. The van der Waals surface area contributed by atoms with E-state index in [0.29, 0.717) is 11.7 Å². The van der Waals surface area contributed by atoms with E-state index in [0.717, 1.165) is 25.6 Å². The van der Waals surface area contributed by atoms with E-state index >= 15 is 0 Å². The molecule has 0 spiro atoms. The summed E-state index contributed by atoms with van der Waals surface area (Å²) in [5.41, 5.74) is 0.605. The molecule has 1 aromatic rings. The number of nitrogens with one attached hydrogen (secondary N) is 2. The Labute approximate surface area is 107 Å². The second kappa shape index (κ2) is 5.10. The van der Waals surface area contributed by atoms with Crippen LogP contribution in [0.3, 0.4) is 0 Å². The third-order valence-corrected chi connectivity index (χ3v) is 3.79. The summed E-state index contributed by atoms with van der Waals surface area (Å²) in [5.74, 6) is 0.811. The standard InChI is InChI=1S/C13H20N4O/c18-13(12-6-14-9-16-12)17(7-10-3-4-10)8-11-2-1-5-15-11/h6,9-11,15H,1-5,7-8H2,(H,14,16). The predicted molar refractivity (Wildman–Crippen MR) is 68.2 cm³/mol. The van der Waals surface area contributed by atoms with Crippen molar-refractivity contribution < 1.29 is 4.79 Å². The molecule has 2 aliphatic rings. The number of aromatic amines is 1. The van der Waals surface area contributed by atoms with Gasteiger partial charge in [0.25, 0.3) is 5.91 Å².